The molecule has 2 aromatic heterocycles. The minimum absolute atomic E-state index is 0.477. The van der Waals surface area contributed by atoms with Crippen LogP contribution in [0.25, 0.3) is 11.0 Å². The Labute approximate surface area is 118 Å². The van der Waals surface area contributed by atoms with Gasteiger partial charge in [0.25, 0.3) is 0 Å². The molecule has 3 N–H and O–H groups in total. The van der Waals surface area contributed by atoms with Gasteiger partial charge in [-0.2, -0.15) is 15.1 Å². The lowest BCUT2D eigenvalue weighted by Crippen LogP contribution is -2.30. The molecule has 6 heteroatoms. The van der Waals surface area contributed by atoms with E-state index in [1.54, 1.807) is 6.20 Å². The minimum atomic E-state index is 0.477. The van der Waals surface area contributed by atoms with E-state index in [9.17, 15) is 0 Å². The molecule has 0 spiro atoms. The highest BCUT2D eigenvalue weighted by atomic mass is 15.2. The third-order valence-corrected chi connectivity index (χ3v) is 4.21. The summed E-state index contributed by atoms with van der Waals surface area (Å²) in [6.45, 7) is 4.70. The molecule has 0 saturated heterocycles. The molecular formula is C14H22N6. The van der Waals surface area contributed by atoms with Crippen molar-refractivity contribution in [1.82, 2.24) is 20.2 Å². The number of aromatic nitrogens is 4. The fraction of sp³-hybridized carbons (Fsp3) is 0.643. The lowest BCUT2D eigenvalue weighted by atomic mass is 9.75. The number of rotatable bonds is 3. The highest BCUT2D eigenvalue weighted by Gasteiger charge is 2.27. The SMILES string of the molecule is CNc1nc(NC2CCC(C)(C)CC2)c2cn[nH]c2n1. The highest BCUT2D eigenvalue weighted by molar-refractivity contribution is 5.87. The van der Waals surface area contributed by atoms with Crippen LogP contribution in [-0.4, -0.2) is 33.3 Å². The smallest absolute Gasteiger partial charge is 0.226 e. The average Bonchev–Trinajstić information content (AvgIpc) is 2.89. The lowest BCUT2D eigenvalue weighted by molar-refractivity contribution is 0.232. The van der Waals surface area contributed by atoms with Gasteiger partial charge >= 0.3 is 0 Å². The molecule has 2 heterocycles. The van der Waals surface area contributed by atoms with Gasteiger partial charge in [-0.05, 0) is 31.1 Å². The molecule has 2 aromatic rings. The summed E-state index contributed by atoms with van der Waals surface area (Å²) in [5.74, 6) is 1.48. The summed E-state index contributed by atoms with van der Waals surface area (Å²) in [6, 6.07) is 0.487. The molecule has 0 aromatic carbocycles. The first-order chi connectivity index (χ1) is 9.57. The average molecular weight is 274 g/mol. The predicted molar refractivity (Wildman–Crippen MR) is 80.9 cm³/mol. The van der Waals surface area contributed by atoms with Crippen LogP contribution < -0.4 is 10.6 Å². The summed E-state index contributed by atoms with van der Waals surface area (Å²) in [5, 5.41) is 14.5. The summed E-state index contributed by atoms with van der Waals surface area (Å²) in [4.78, 5) is 8.88. The van der Waals surface area contributed by atoms with Crippen molar-refractivity contribution in [3.05, 3.63) is 6.20 Å². The van der Waals surface area contributed by atoms with Crippen LogP contribution in [0.3, 0.4) is 0 Å². The topological polar surface area (TPSA) is 78.5 Å². The Hall–Kier alpha value is -1.85. The Morgan fingerprint density at radius 1 is 1.25 bits per heavy atom. The standard InChI is InChI=1S/C14H22N6/c1-14(2)6-4-9(5-7-14)17-11-10-8-16-20-12(10)19-13(15-3)18-11/h8-9H,4-7H2,1-3H3,(H3,15,16,17,18,19,20). The van der Waals surface area contributed by atoms with Crippen molar-refractivity contribution < 1.29 is 0 Å². The molecule has 0 atom stereocenters. The van der Waals surface area contributed by atoms with Crippen LogP contribution >= 0.6 is 0 Å². The van der Waals surface area contributed by atoms with Gasteiger partial charge in [0, 0.05) is 13.1 Å². The second-order valence-electron chi connectivity index (χ2n) is 6.36. The summed E-state index contributed by atoms with van der Waals surface area (Å²) >= 11 is 0. The van der Waals surface area contributed by atoms with Crippen LogP contribution in [0.5, 0.6) is 0 Å². The number of aromatic amines is 1. The van der Waals surface area contributed by atoms with E-state index in [0.717, 1.165) is 16.9 Å². The van der Waals surface area contributed by atoms with E-state index in [1.165, 1.54) is 25.7 Å². The van der Waals surface area contributed by atoms with Crippen molar-refractivity contribution in [2.45, 2.75) is 45.6 Å². The van der Waals surface area contributed by atoms with Gasteiger partial charge in [-0.15, -0.1) is 0 Å². The van der Waals surface area contributed by atoms with Crippen LogP contribution in [0, 0.1) is 5.41 Å². The highest BCUT2D eigenvalue weighted by Crippen LogP contribution is 2.36. The van der Waals surface area contributed by atoms with E-state index < -0.39 is 0 Å². The van der Waals surface area contributed by atoms with Gasteiger partial charge in [-0.1, -0.05) is 13.8 Å². The molecule has 1 saturated carbocycles. The van der Waals surface area contributed by atoms with Gasteiger partial charge in [0.2, 0.25) is 5.95 Å². The third-order valence-electron chi connectivity index (χ3n) is 4.21. The summed E-state index contributed by atoms with van der Waals surface area (Å²) in [5.41, 5.74) is 1.24. The number of hydrogen-bond donors (Lipinski definition) is 3. The van der Waals surface area contributed by atoms with Crippen molar-refractivity contribution in [2.75, 3.05) is 17.7 Å². The Bertz CT molecular complexity index is 593. The first kappa shape index (κ1) is 13.1. The molecule has 3 rings (SSSR count). The molecular weight excluding hydrogens is 252 g/mol. The first-order valence-electron chi connectivity index (χ1n) is 7.23. The van der Waals surface area contributed by atoms with Gasteiger partial charge in [0.15, 0.2) is 5.65 Å². The fourth-order valence-corrected chi connectivity index (χ4v) is 2.79. The van der Waals surface area contributed by atoms with Crippen LogP contribution in [0.4, 0.5) is 11.8 Å². The molecule has 0 aliphatic heterocycles. The van der Waals surface area contributed by atoms with Crippen LogP contribution in [0.15, 0.2) is 6.20 Å². The molecule has 0 radical (unpaired) electrons. The van der Waals surface area contributed by atoms with Crippen molar-refractivity contribution in [2.24, 2.45) is 5.41 Å². The molecule has 0 amide bonds. The minimum Gasteiger partial charge on any atom is -0.367 e. The Kier molecular flexibility index (Phi) is 3.23. The molecule has 1 fully saturated rings. The summed E-state index contributed by atoms with van der Waals surface area (Å²) in [7, 11) is 1.82. The second kappa shape index (κ2) is 4.92. The number of anilines is 2. The number of hydrogen-bond acceptors (Lipinski definition) is 5. The number of nitrogens with zero attached hydrogens (tertiary/aromatic N) is 3. The Morgan fingerprint density at radius 3 is 2.70 bits per heavy atom. The number of nitrogens with one attached hydrogen (secondary N) is 3. The van der Waals surface area contributed by atoms with Gasteiger partial charge < -0.3 is 10.6 Å². The maximum Gasteiger partial charge on any atom is 0.226 e. The molecule has 6 nitrogen and oxygen atoms in total. The molecule has 20 heavy (non-hydrogen) atoms. The van der Waals surface area contributed by atoms with Crippen LogP contribution in [-0.2, 0) is 0 Å². The van der Waals surface area contributed by atoms with E-state index in [2.05, 4.69) is 44.6 Å². The zero-order chi connectivity index (χ0) is 14.2. The van der Waals surface area contributed by atoms with Crippen molar-refractivity contribution in [3.63, 3.8) is 0 Å². The summed E-state index contributed by atoms with van der Waals surface area (Å²) < 4.78 is 0. The lowest BCUT2D eigenvalue weighted by Gasteiger charge is -2.34. The maximum absolute atomic E-state index is 4.53. The van der Waals surface area contributed by atoms with Gasteiger partial charge in [0.1, 0.15) is 5.82 Å². The first-order valence-corrected chi connectivity index (χ1v) is 7.23. The zero-order valence-corrected chi connectivity index (χ0v) is 12.3. The molecule has 1 aliphatic rings. The Morgan fingerprint density at radius 2 is 2.00 bits per heavy atom. The molecule has 0 bridgehead atoms. The van der Waals surface area contributed by atoms with E-state index in [4.69, 9.17) is 0 Å². The number of fused-ring (bicyclic) bond motifs is 1. The third kappa shape index (κ3) is 2.55. The van der Waals surface area contributed by atoms with E-state index in [-0.39, 0.29) is 0 Å². The normalized spacial score (nSPS) is 19.1. The van der Waals surface area contributed by atoms with Crippen LogP contribution in [0.2, 0.25) is 0 Å². The van der Waals surface area contributed by atoms with Crippen molar-refractivity contribution in [3.8, 4) is 0 Å². The molecule has 0 unspecified atom stereocenters. The van der Waals surface area contributed by atoms with E-state index in [0.29, 0.717) is 17.4 Å². The monoisotopic (exact) mass is 274 g/mol. The largest absolute Gasteiger partial charge is 0.367 e. The number of H-pyrrole nitrogens is 1. The van der Waals surface area contributed by atoms with Crippen molar-refractivity contribution >= 4 is 22.8 Å². The van der Waals surface area contributed by atoms with Crippen LogP contribution in [0.1, 0.15) is 39.5 Å². The van der Waals surface area contributed by atoms with Gasteiger partial charge in [-0.3, -0.25) is 5.10 Å². The Balaban J connectivity index is 1.82. The maximum atomic E-state index is 4.53. The van der Waals surface area contributed by atoms with Crippen molar-refractivity contribution in [1.29, 1.82) is 0 Å². The van der Waals surface area contributed by atoms with Gasteiger partial charge in [-0.25, -0.2) is 0 Å². The van der Waals surface area contributed by atoms with Gasteiger partial charge in [0.05, 0.1) is 11.6 Å². The van der Waals surface area contributed by atoms with E-state index in [1.807, 2.05) is 7.05 Å². The molecule has 1 aliphatic carbocycles. The zero-order valence-electron chi connectivity index (χ0n) is 12.3. The second-order valence-corrected chi connectivity index (χ2v) is 6.36. The predicted octanol–water partition coefficient (Wildman–Crippen LogP) is 2.78. The van der Waals surface area contributed by atoms with E-state index >= 15 is 0 Å². The quantitative estimate of drug-likeness (QED) is 0.802. The fourth-order valence-electron chi connectivity index (χ4n) is 2.79. The molecule has 108 valence electrons. The summed E-state index contributed by atoms with van der Waals surface area (Å²) in [6.07, 6.45) is 6.66.